The second kappa shape index (κ2) is 20.5. The number of rotatable bonds is 21. The zero-order chi connectivity index (χ0) is 24.2. The van der Waals surface area contributed by atoms with Crippen LogP contribution in [-0.2, 0) is 14.4 Å². The number of unbranched alkanes of at least 4 members (excludes halogenated alkanes) is 8. The molecule has 0 aliphatic heterocycles. The average molecular weight is 473 g/mol. The van der Waals surface area contributed by atoms with E-state index in [2.05, 4.69) is 19.2 Å². The summed E-state index contributed by atoms with van der Waals surface area (Å²) in [4.78, 5) is 38.5. The Labute approximate surface area is 200 Å². The van der Waals surface area contributed by atoms with E-state index >= 15 is 0 Å². The highest BCUT2D eigenvalue weighted by Gasteiger charge is 2.27. The summed E-state index contributed by atoms with van der Waals surface area (Å²) in [5.74, 6) is -2.25. The quantitative estimate of drug-likeness (QED) is 0.173. The van der Waals surface area contributed by atoms with Gasteiger partial charge in [0.15, 0.2) is 5.12 Å². The maximum absolute atomic E-state index is 12.9. The molecule has 0 spiro atoms. The molecular weight excluding hydrogens is 424 g/mol. The highest BCUT2D eigenvalue weighted by atomic mass is 32.2. The highest BCUT2D eigenvalue weighted by Crippen LogP contribution is 2.25. The van der Waals surface area contributed by atoms with Crippen LogP contribution in [0.15, 0.2) is 0 Å². The Kier molecular flexibility index (Phi) is 19.8. The van der Waals surface area contributed by atoms with Gasteiger partial charge in [-0.15, -0.1) is 0 Å². The van der Waals surface area contributed by atoms with Crippen LogP contribution < -0.4 is 5.32 Å². The third-order valence-electron chi connectivity index (χ3n) is 5.77. The van der Waals surface area contributed by atoms with E-state index in [1.807, 2.05) is 19.0 Å². The minimum atomic E-state index is -1.12. The fourth-order valence-corrected chi connectivity index (χ4v) is 4.68. The third-order valence-corrected chi connectivity index (χ3v) is 6.83. The van der Waals surface area contributed by atoms with Crippen molar-refractivity contribution in [2.45, 2.75) is 97.3 Å². The fourth-order valence-electron chi connectivity index (χ4n) is 3.66. The Morgan fingerprint density at radius 1 is 0.844 bits per heavy atom. The first kappa shape index (κ1) is 30.9. The number of carbonyl (C=O) groups is 3. The number of thioether (sulfide) groups is 1. The zero-order valence-electron chi connectivity index (χ0n) is 21.0. The Bertz CT molecular complexity index is 514. The summed E-state index contributed by atoms with van der Waals surface area (Å²) in [6.07, 6.45) is 13.9. The van der Waals surface area contributed by atoms with Gasteiger partial charge in [0, 0.05) is 24.8 Å². The number of likely N-dealkylation sites (N-methyl/N-ethyl adjacent to an activating group) is 1. The molecule has 0 radical (unpaired) electrons. The van der Waals surface area contributed by atoms with E-state index in [-0.39, 0.29) is 17.5 Å². The second-order valence-corrected chi connectivity index (χ2v) is 10.1. The van der Waals surface area contributed by atoms with Crippen molar-refractivity contribution < 1.29 is 19.5 Å². The Morgan fingerprint density at radius 2 is 1.38 bits per heavy atom. The number of hydrogen-bond donors (Lipinski definition) is 2. The summed E-state index contributed by atoms with van der Waals surface area (Å²) >= 11 is 1.22. The third kappa shape index (κ3) is 16.5. The minimum Gasteiger partial charge on any atom is -0.481 e. The first-order valence-corrected chi connectivity index (χ1v) is 13.6. The molecule has 0 aromatic carbocycles. The molecule has 1 amide bonds. The maximum Gasteiger partial charge on any atom is 0.316 e. The molecule has 0 aromatic rings. The maximum atomic E-state index is 12.9. The van der Waals surface area contributed by atoms with E-state index in [4.69, 9.17) is 0 Å². The highest BCUT2D eigenvalue weighted by molar-refractivity contribution is 8.13. The van der Waals surface area contributed by atoms with Crippen LogP contribution in [0.2, 0.25) is 0 Å². The lowest BCUT2D eigenvalue weighted by Crippen LogP contribution is -2.39. The number of amides is 1. The Balaban J connectivity index is 4.53. The van der Waals surface area contributed by atoms with Gasteiger partial charge in [-0.05, 0) is 33.4 Å². The van der Waals surface area contributed by atoms with Crippen molar-refractivity contribution in [2.75, 3.05) is 32.9 Å². The van der Waals surface area contributed by atoms with Crippen LogP contribution in [0.1, 0.15) is 97.3 Å². The van der Waals surface area contributed by atoms with Crippen LogP contribution in [0.25, 0.3) is 0 Å². The first-order chi connectivity index (χ1) is 15.3. The lowest BCUT2D eigenvalue weighted by atomic mass is 9.95. The predicted molar refractivity (Wildman–Crippen MR) is 135 cm³/mol. The monoisotopic (exact) mass is 472 g/mol. The molecule has 0 bridgehead atoms. The smallest absolute Gasteiger partial charge is 0.316 e. The molecule has 0 aromatic heterocycles. The van der Waals surface area contributed by atoms with Crippen molar-refractivity contribution in [3.63, 3.8) is 0 Å². The standard InChI is InChI=1S/C25H48N2O4S/c1-5-7-9-11-12-14-16-21(15-13-10-8-6-2)25(31)32-20-17-22(24(29)30)23(28)26-18-19-27(3)4/h21-22H,5-20H2,1-4H3,(H,26,28)(H,29,30). The van der Waals surface area contributed by atoms with Crippen molar-refractivity contribution in [3.05, 3.63) is 0 Å². The first-order valence-electron chi connectivity index (χ1n) is 12.6. The molecule has 6 nitrogen and oxygen atoms in total. The Morgan fingerprint density at radius 3 is 1.91 bits per heavy atom. The molecular formula is C25H48N2O4S. The summed E-state index contributed by atoms with van der Waals surface area (Å²) in [5, 5.41) is 12.3. The van der Waals surface area contributed by atoms with Gasteiger partial charge in [-0.1, -0.05) is 89.8 Å². The van der Waals surface area contributed by atoms with E-state index in [9.17, 15) is 19.5 Å². The lowest BCUT2D eigenvalue weighted by Gasteiger charge is -2.17. The molecule has 0 rings (SSSR count). The fraction of sp³-hybridized carbons (Fsp3) is 0.880. The van der Waals surface area contributed by atoms with Crippen LogP contribution >= 0.6 is 11.8 Å². The zero-order valence-corrected chi connectivity index (χ0v) is 21.8. The molecule has 0 aliphatic rings. The largest absolute Gasteiger partial charge is 0.481 e. The van der Waals surface area contributed by atoms with E-state index in [1.54, 1.807) is 0 Å². The van der Waals surface area contributed by atoms with Gasteiger partial charge < -0.3 is 15.3 Å². The number of aliphatic carboxylic acids is 1. The predicted octanol–water partition coefficient (Wildman–Crippen LogP) is 5.35. The van der Waals surface area contributed by atoms with Crippen LogP contribution in [-0.4, -0.2) is 59.9 Å². The number of carboxylic acids is 1. The van der Waals surface area contributed by atoms with Gasteiger partial charge >= 0.3 is 5.97 Å². The molecule has 2 N–H and O–H groups in total. The molecule has 2 unspecified atom stereocenters. The molecule has 0 heterocycles. The van der Waals surface area contributed by atoms with Gasteiger partial charge in [0.2, 0.25) is 5.91 Å². The lowest BCUT2D eigenvalue weighted by molar-refractivity contribution is -0.147. The van der Waals surface area contributed by atoms with E-state index in [0.717, 1.165) is 32.1 Å². The van der Waals surface area contributed by atoms with Crippen molar-refractivity contribution in [1.29, 1.82) is 0 Å². The number of carbonyl (C=O) groups excluding carboxylic acids is 2. The normalized spacial score (nSPS) is 13.2. The molecule has 0 saturated carbocycles. The van der Waals surface area contributed by atoms with Gasteiger partial charge in [-0.25, -0.2) is 0 Å². The van der Waals surface area contributed by atoms with Crippen molar-refractivity contribution >= 4 is 28.8 Å². The summed E-state index contributed by atoms with van der Waals surface area (Å²) in [6, 6.07) is 0. The molecule has 188 valence electrons. The topological polar surface area (TPSA) is 86.7 Å². The van der Waals surface area contributed by atoms with Crippen molar-refractivity contribution in [3.8, 4) is 0 Å². The number of hydrogen-bond acceptors (Lipinski definition) is 5. The summed E-state index contributed by atoms with van der Waals surface area (Å²) < 4.78 is 0. The van der Waals surface area contributed by atoms with Crippen LogP contribution in [0.5, 0.6) is 0 Å². The molecule has 7 heteroatoms. The minimum absolute atomic E-state index is 0.0558. The van der Waals surface area contributed by atoms with Crippen LogP contribution in [0, 0.1) is 11.8 Å². The van der Waals surface area contributed by atoms with Gasteiger partial charge in [-0.2, -0.15) is 0 Å². The van der Waals surface area contributed by atoms with Gasteiger partial charge in [-0.3, -0.25) is 14.4 Å². The number of carboxylic acid groups (broad SMARTS) is 1. The van der Waals surface area contributed by atoms with Crippen LogP contribution in [0.4, 0.5) is 0 Å². The van der Waals surface area contributed by atoms with Gasteiger partial charge in [0.25, 0.3) is 0 Å². The van der Waals surface area contributed by atoms with Crippen LogP contribution in [0.3, 0.4) is 0 Å². The van der Waals surface area contributed by atoms with Gasteiger partial charge in [0.1, 0.15) is 5.92 Å². The number of nitrogens with zero attached hydrogens (tertiary/aromatic N) is 1. The Hall–Kier alpha value is -1.08. The number of nitrogens with one attached hydrogen (secondary N) is 1. The molecule has 0 saturated heterocycles. The van der Waals surface area contributed by atoms with E-state index in [1.165, 1.54) is 56.7 Å². The van der Waals surface area contributed by atoms with E-state index < -0.39 is 17.8 Å². The summed E-state index contributed by atoms with van der Waals surface area (Å²) in [5.41, 5.74) is 0. The molecule has 0 aliphatic carbocycles. The summed E-state index contributed by atoms with van der Waals surface area (Å²) in [7, 11) is 3.79. The second-order valence-electron chi connectivity index (χ2n) is 9.04. The molecule has 2 atom stereocenters. The van der Waals surface area contributed by atoms with Crippen molar-refractivity contribution in [2.24, 2.45) is 11.8 Å². The molecule has 32 heavy (non-hydrogen) atoms. The van der Waals surface area contributed by atoms with E-state index in [0.29, 0.717) is 18.8 Å². The van der Waals surface area contributed by atoms with Crippen molar-refractivity contribution in [1.82, 2.24) is 10.2 Å². The van der Waals surface area contributed by atoms with Gasteiger partial charge in [0.05, 0.1) is 0 Å². The SMILES string of the molecule is CCCCCCCCC(CCCCCC)C(=O)SCCC(C(=O)O)C(=O)NCCN(C)C. The summed E-state index contributed by atoms with van der Waals surface area (Å²) in [6.45, 7) is 5.47. The molecule has 0 fully saturated rings. The average Bonchev–Trinajstić information content (AvgIpc) is 2.74.